The van der Waals surface area contributed by atoms with Gasteiger partial charge in [-0.25, -0.2) is 13.6 Å². The molecule has 1 aliphatic heterocycles. The van der Waals surface area contributed by atoms with Crippen LogP contribution in [0.3, 0.4) is 0 Å². The number of nitrogens with one attached hydrogen (secondary N) is 1. The molecule has 6 heteroatoms. The fraction of sp³-hybridized carbons (Fsp3) is 0.129. The molecule has 0 radical (unpaired) electrons. The summed E-state index contributed by atoms with van der Waals surface area (Å²) in [6.07, 6.45) is 0.437. The lowest BCUT2D eigenvalue weighted by Gasteiger charge is -2.45. The zero-order valence-electron chi connectivity index (χ0n) is 20.3. The number of rotatable bonds is 6. The lowest BCUT2D eigenvalue weighted by Crippen LogP contribution is -2.41. The maximum absolute atomic E-state index is 13.9. The summed E-state index contributed by atoms with van der Waals surface area (Å²) in [6.45, 7) is 0. The van der Waals surface area contributed by atoms with E-state index < -0.39 is 12.0 Å². The molecule has 0 fully saturated rings. The summed E-state index contributed by atoms with van der Waals surface area (Å²) >= 11 is 0. The molecule has 1 N–H and O–H groups in total. The van der Waals surface area contributed by atoms with Crippen molar-refractivity contribution in [2.75, 3.05) is 17.3 Å². The van der Waals surface area contributed by atoms with Crippen LogP contribution < -0.4 is 10.2 Å². The molecule has 186 valence electrons. The molecule has 0 spiro atoms. The minimum atomic E-state index is -0.541. The molecule has 4 aromatic carbocycles. The number of carbonyl (C=O) groups excluding carboxylic acids is 1. The van der Waals surface area contributed by atoms with Crippen LogP contribution >= 0.6 is 0 Å². The van der Waals surface area contributed by atoms with Crippen molar-refractivity contribution >= 4 is 17.3 Å². The number of anilines is 2. The van der Waals surface area contributed by atoms with Gasteiger partial charge in [0, 0.05) is 23.5 Å². The lowest BCUT2D eigenvalue weighted by atomic mass is 9.84. The molecule has 4 aromatic rings. The number of methoxy groups -OCH3 is 1. The highest BCUT2D eigenvalue weighted by atomic mass is 19.1. The average Bonchev–Trinajstić information content (AvgIpc) is 2.94. The largest absolute Gasteiger partial charge is 0.466 e. The summed E-state index contributed by atoms with van der Waals surface area (Å²) < 4.78 is 32.8. The molecule has 0 bridgehead atoms. The Kier molecular flexibility index (Phi) is 6.99. The Morgan fingerprint density at radius 1 is 0.784 bits per heavy atom. The molecule has 0 aliphatic carbocycles. The Morgan fingerprint density at radius 2 is 1.32 bits per heavy atom. The minimum Gasteiger partial charge on any atom is -0.466 e. The first-order valence-corrected chi connectivity index (χ1v) is 12.0. The third-order valence-corrected chi connectivity index (χ3v) is 6.58. The zero-order chi connectivity index (χ0) is 25.8. The van der Waals surface area contributed by atoms with Gasteiger partial charge in [0.15, 0.2) is 0 Å². The zero-order valence-corrected chi connectivity index (χ0v) is 20.3. The molecule has 1 heterocycles. The molecule has 0 unspecified atom stereocenters. The van der Waals surface area contributed by atoms with Crippen LogP contribution in [-0.2, 0) is 9.53 Å². The molecule has 0 saturated carbocycles. The second-order valence-electron chi connectivity index (χ2n) is 8.84. The van der Waals surface area contributed by atoms with Gasteiger partial charge >= 0.3 is 5.97 Å². The van der Waals surface area contributed by atoms with Gasteiger partial charge in [-0.15, -0.1) is 0 Å². The van der Waals surface area contributed by atoms with E-state index in [1.807, 2.05) is 60.7 Å². The fourth-order valence-corrected chi connectivity index (χ4v) is 4.91. The highest BCUT2D eigenvalue weighted by Gasteiger charge is 2.41. The first kappa shape index (κ1) is 24.3. The van der Waals surface area contributed by atoms with Crippen LogP contribution in [0.1, 0.15) is 29.6 Å². The molecule has 37 heavy (non-hydrogen) atoms. The van der Waals surface area contributed by atoms with Gasteiger partial charge in [-0.1, -0.05) is 60.7 Å². The van der Waals surface area contributed by atoms with Gasteiger partial charge in [0.05, 0.1) is 24.8 Å². The molecule has 0 saturated heterocycles. The van der Waals surface area contributed by atoms with Crippen LogP contribution in [0.2, 0.25) is 0 Å². The van der Waals surface area contributed by atoms with Crippen molar-refractivity contribution in [2.45, 2.75) is 18.5 Å². The normalized spacial score (nSPS) is 17.4. The average molecular weight is 497 g/mol. The van der Waals surface area contributed by atoms with Gasteiger partial charge in [-0.05, 0) is 59.7 Å². The second-order valence-corrected chi connectivity index (χ2v) is 8.84. The van der Waals surface area contributed by atoms with Crippen molar-refractivity contribution < 1.29 is 18.3 Å². The van der Waals surface area contributed by atoms with Gasteiger partial charge in [-0.3, -0.25) is 0 Å². The number of ether oxygens (including phenoxy) is 1. The molecular formula is C31H26F2N2O2. The van der Waals surface area contributed by atoms with E-state index in [9.17, 15) is 13.6 Å². The molecular weight excluding hydrogens is 470 g/mol. The number of halogens is 2. The van der Waals surface area contributed by atoms with Crippen LogP contribution in [0, 0.1) is 11.6 Å². The topological polar surface area (TPSA) is 41.6 Å². The number of nitrogens with zero attached hydrogens (tertiary/aromatic N) is 1. The Labute approximate surface area is 214 Å². The van der Waals surface area contributed by atoms with E-state index in [1.54, 1.807) is 24.3 Å². The monoisotopic (exact) mass is 496 g/mol. The van der Waals surface area contributed by atoms with E-state index >= 15 is 0 Å². The van der Waals surface area contributed by atoms with Crippen molar-refractivity contribution in [1.82, 2.24) is 0 Å². The summed E-state index contributed by atoms with van der Waals surface area (Å²) in [4.78, 5) is 15.6. The van der Waals surface area contributed by atoms with Crippen molar-refractivity contribution in [3.8, 4) is 0 Å². The van der Waals surface area contributed by atoms with Gasteiger partial charge < -0.3 is 15.0 Å². The molecule has 4 nitrogen and oxygen atoms in total. The Bertz CT molecular complexity index is 1390. The number of carbonyl (C=O) groups is 1. The van der Waals surface area contributed by atoms with Crippen molar-refractivity contribution in [2.24, 2.45) is 0 Å². The van der Waals surface area contributed by atoms with E-state index in [4.69, 9.17) is 4.74 Å². The van der Waals surface area contributed by atoms with Crippen molar-refractivity contribution in [3.05, 3.63) is 143 Å². The van der Waals surface area contributed by atoms with Gasteiger partial charge in [0.2, 0.25) is 0 Å². The number of benzene rings is 4. The highest BCUT2D eigenvalue weighted by Crippen LogP contribution is 2.48. The van der Waals surface area contributed by atoms with E-state index in [1.165, 1.54) is 31.4 Å². The highest BCUT2D eigenvalue weighted by molar-refractivity contribution is 5.93. The van der Waals surface area contributed by atoms with Crippen molar-refractivity contribution in [3.63, 3.8) is 0 Å². The first-order chi connectivity index (χ1) is 18.0. The number of hydrogen-bond acceptors (Lipinski definition) is 4. The summed E-state index contributed by atoms with van der Waals surface area (Å²) in [7, 11) is 1.36. The van der Waals surface area contributed by atoms with E-state index in [0.717, 1.165) is 16.8 Å². The van der Waals surface area contributed by atoms with Gasteiger partial charge in [0.25, 0.3) is 0 Å². The van der Waals surface area contributed by atoms with Gasteiger partial charge in [0.1, 0.15) is 11.6 Å². The van der Waals surface area contributed by atoms with Crippen LogP contribution in [-0.4, -0.2) is 13.1 Å². The van der Waals surface area contributed by atoms with E-state index in [0.29, 0.717) is 23.4 Å². The van der Waals surface area contributed by atoms with Gasteiger partial charge in [-0.2, -0.15) is 0 Å². The second kappa shape index (κ2) is 10.7. The van der Waals surface area contributed by atoms with Crippen LogP contribution in [0.4, 0.5) is 20.2 Å². The van der Waals surface area contributed by atoms with Crippen LogP contribution in [0.15, 0.2) is 120 Å². The number of hydrogen-bond donors (Lipinski definition) is 1. The Morgan fingerprint density at radius 3 is 1.89 bits per heavy atom. The summed E-state index contributed by atoms with van der Waals surface area (Å²) in [5.74, 6) is -1.16. The predicted molar refractivity (Wildman–Crippen MR) is 141 cm³/mol. The smallest absolute Gasteiger partial charge is 0.337 e. The third-order valence-electron chi connectivity index (χ3n) is 6.58. The Hall–Kier alpha value is -4.45. The number of esters is 1. The molecule has 5 rings (SSSR count). The first-order valence-electron chi connectivity index (χ1n) is 12.0. The third kappa shape index (κ3) is 5.09. The van der Waals surface area contributed by atoms with Crippen LogP contribution in [0.25, 0.3) is 0 Å². The maximum Gasteiger partial charge on any atom is 0.337 e. The lowest BCUT2D eigenvalue weighted by molar-refractivity contribution is -0.136. The summed E-state index contributed by atoms with van der Waals surface area (Å²) in [6, 6.07) is 31.3. The van der Waals surface area contributed by atoms with Crippen molar-refractivity contribution in [1.29, 1.82) is 0 Å². The molecule has 0 amide bonds. The summed E-state index contributed by atoms with van der Waals surface area (Å²) in [5, 5.41) is 3.38. The standard InChI is InChI=1S/C31H26F2N2O2/c1-37-31(36)29-27(34-25-16-12-23(32)13-17-25)20-28(21-8-4-2-5-9-21)35(26-18-14-24(33)15-19-26)30(29)22-10-6-3-7-11-22/h2-19,28,30,34H,20H2,1H3/t28-,30+/m0/s1. The Balaban J connectivity index is 1.75. The van der Waals surface area contributed by atoms with E-state index in [-0.39, 0.29) is 17.7 Å². The SMILES string of the molecule is COC(=O)C1=C(Nc2ccc(F)cc2)C[C@@H](c2ccccc2)N(c2ccc(F)cc2)[C@@H]1c1ccccc1. The predicted octanol–water partition coefficient (Wildman–Crippen LogP) is 7.20. The fourth-order valence-electron chi connectivity index (χ4n) is 4.91. The molecule has 2 atom stereocenters. The van der Waals surface area contributed by atoms with E-state index in [2.05, 4.69) is 10.2 Å². The summed E-state index contributed by atoms with van der Waals surface area (Å²) in [5.41, 5.74) is 4.47. The van der Waals surface area contributed by atoms with Crippen LogP contribution in [0.5, 0.6) is 0 Å². The quantitative estimate of drug-likeness (QED) is 0.287. The molecule has 1 aliphatic rings. The maximum atomic E-state index is 13.9. The molecule has 0 aromatic heterocycles. The minimum absolute atomic E-state index is 0.201.